The molecule has 0 spiro atoms. The summed E-state index contributed by atoms with van der Waals surface area (Å²) in [5.74, 6) is 0. The van der Waals surface area contributed by atoms with E-state index in [1.54, 1.807) is 0 Å². The van der Waals surface area contributed by atoms with Crippen molar-refractivity contribution in [3.63, 3.8) is 0 Å². The van der Waals surface area contributed by atoms with Gasteiger partial charge < -0.3 is 20.1 Å². The van der Waals surface area contributed by atoms with Crippen LogP contribution in [0.2, 0.25) is 0 Å². The molecule has 3 aromatic rings. The van der Waals surface area contributed by atoms with E-state index in [9.17, 15) is 4.79 Å². The van der Waals surface area contributed by atoms with Crippen LogP contribution in [0, 0.1) is 13.8 Å². The quantitative estimate of drug-likeness (QED) is 0.733. The SMILES string of the molecule is Cc1cc(N2CCCN(C(=O)NCc3ccc4[nH]c(C)cc4c3)CC2)ccn1. The monoisotopic (exact) mass is 377 g/mol. The Morgan fingerprint density at radius 3 is 2.86 bits per heavy atom. The molecule has 1 saturated heterocycles. The molecule has 146 valence electrons. The van der Waals surface area contributed by atoms with Gasteiger partial charge in [-0.05, 0) is 61.5 Å². The number of hydrogen-bond acceptors (Lipinski definition) is 3. The lowest BCUT2D eigenvalue weighted by atomic mass is 10.1. The first-order valence-corrected chi connectivity index (χ1v) is 9.87. The average molecular weight is 377 g/mol. The number of fused-ring (bicyclic) bond motifs is 1. The van der Waals surface area contributed by atoms with Crippen molar-refractivity contribution >= 4 is 22.6 Å². The highest BCUT2D eigenvalue weighted by Gasteiger charge is 2.19. The van der Waals surface area contributed by atoms with E-state index in [1.807, 2.05) is 24.1 Å². The van der Waals surface area contributed by atoms with Crippen molar-refractivity contribution in [2.45, 2.75) is 26.8 Å². The van der Waals surface area contributed by atoms with Crippen molar-refractivity contribution in [2.24, 2.45) is 0 Å². The normalized spacial score (nSPS) is 14.9. The second-order valence-electron chi connectivity index (χ2n) is 7.52. The number of amides is 2. The Kier molecular flexibility index (Phi) is 5.19. The first kappa shape index (κ1) is 18.3. The Bertz CT molecular complexity index is 980. The first-order chi connectivity index (χ1) is 13.6. The van der Waals surface area contributed by atoms with Gasteiger partial charge in [0.25, 0.3) is 0 Å². The molecule has 1 aromatic carbocycles. The average Bonchev–Trinajstić information content (AvgIpc) is 2.89. The zero-order valence-electron chi connectivity index (χ0n) is 16.5. The number of carbonyl (C=O) groups is 1. The fraction of sp³-hybridized carbons (Fsp3) is 0.364. The Hall–Kier alpha value is -3.02. The zero-order chi connectivity index (χ0) is 19.5. The number of aromatic nitrogens is 2. The van der Waals surface area contributed by atoms with Gasteiger partial charge in [-0.25, -0.2) is 4.79 Å². The van der Waals surface area contributed by atoms with E-state index >= 15 is 0 Å². The van der Waals surface area contributed by atoms with Crippen LogP contribution in [0.15, 0.2) is 42.6 Å². The molecule has 28 heavy (non-hydrogen) atoms. The molecule has 0 aliphatic carbocycles. The van der Waals surface area contributed by atoms with E-state index < -0.39 is 0 Å². The largest absolute Gasteiger partial charge is 0.370 e. The second kappa shape index (κ2) is 7.92. The van der Waals surface area contributed by atoms with Crippen molar-refractivity contribution in [3.05, 3.63) is 59.5 Å². The molecule has 2 amide bonds. The number of H-pyrrole nitrogens is 1. The number of hydrogen-bond donors (Lipinski definition) is 2. The first-order valence-electron chi connectivity index (χ1n) is 9.87. The highest BCUT2D eigenvalue weighted by Crippen LogP contribution is 2.18. The van der Waals surface area contributed by atoms with E-state index in [2.05, 4.69) is 57.4 Å². The third-order valence-corrected chi connectivity index (χ3v) is 5.29. The molecule has 0 saturated carbocycles. The number of aryl methyl sites for hydroxylation is 2. The van der Waals surface area contributed by atoms with Crippen LogP contribution in [0.3, 0.4) is 0 Å². The lowest BCUT2D eigenvalue weighted by Gasteiger charge is -2.24. The molecule has 2 N–H and O–H groups in total. The molecular formula is C22H27N5O. The van der Waals surface area contributed by atoms with Crippen molar-refractivity contribution in [3.8, 4) is 0 Å². The minimum Gasteiger partial charge on any atom is -0.370 e. The van der Waals surface area contributed by atoms with Gasteiger partial charge in [-0.1, -0.05) is 6.07 Å². The number of anilines is 1. The van der Waals surface area contributed by atoms with Gasteiger partial charge in [-0.2, -0.15) is 0 Å². The molecule has 0 unspecified atom stereocenters. The molecule has 1 aliphatic heterocycles. The summed E-state index contributed by atoms with van der Waals surface area (Å²) in [4.78, 5) is 24.5. The van der Waals surface area contributed by atoms with Gasteiger partial charge in [-0.15, -0.1) is 0 Å². The van der Waals surface area contributed by atoms with E-state index in [0.29, 0.717) is 6.54 Å². The van der Waals surface area contributed by atoms with Gasteiger partial charge in [0.1, 0.15) is 0 Å². The molecule has 4 rings (SSSR count). The predicted molar refractivity (Wildman–Crippen MR) is 113 cm³/mol. The molecule has 0 atom stereocenters. The molecule has 1 fully saturated rings. The van der Waals surface area contributed by atoms with Crippen LogP contribution < -0.4 is 10.2 Å². The molecule has 0 radical (unpaired) electrons. The second-order valence-corrected chi connectivity index (χ2v) is 7.52. The highest BCUT2D eigenvalue weighted by atomic mass is 16.2. The molecule has 2 aromatic heterocycles. The summed E-state index contributed by atoms with van der Waals surface area (Å²) < 4.78 is 0. The van der Waals surface area contributed by atoms with Crippen LogP contribution in [0.25, 0.3) is 10.9 Å². The van der Waals surface area contributed by atoms with Crippen LogP contribution in [0.1, 0.15) is 23.4 Å². The topological polar surface area (TPSA) is 64.3 Å². The Morgan fingerprint density at radius 2 is 2.00 bits per heavy atom. The lowest BCUT2D eigenvalue weighted by molar-refractivity contribution is 0.201. The number of nitrogens with one attached hydrogen (secondary N) is 2. The van der Waals surface area contributed by atoms with Crippen LogP contribution >= 0.6 is 0 Å². The number of nitrogens with zero attached hydrogens (tertiary/aromatic N) is 3. The maximum Gasteiger partial charge on any atom is 0.317 e. The molecule has 6 nitrogen and oxygen atoms in total. The number of benzene rings is 1. The zero-order valence-corrected chi connectivity index (χ0v) is 16.5. The van der Waals surface area contributed by atoms with Gasteiger partial charge in [-0.3, -0.25) is 4.98 Å². The summed E-state index contributed by atoms with van der Waals surface area (Å²) >= 11 is 0. The van der Waals surface area contributed by atoms with Crippen molar-refractivity contribution in [1.29, 1.82) is 0 Å². The van der Waals surface area contributed by atoms with Gasteiger partial charge in [0.05, 0.1) is 0 Å². The van der Waals surface area contributed by atoms with Crippen molar-refractivity contribution in [2.75, 3.05) is 31.1 Å². The molecule has 3 heterocycles. The van der Waals surface area contributed by atoms with Gasteiger partial charge in [0, 0.05) is 61.5 Å². The molecule has 1 aliphatic rings. The molecule has 6 heteroatoms. The number of rotatable bonds is 3. The summed E-state index contributed by atoms with van der Waals surface area (Å²) in [6, 6.07) is 12.6. The number of pyridine rings is 1. The Labute approximate surface area is 165 Å². The van der Waals surface area contributed by atoms with Crippen LogP contribution in [-0.2, 0) is 6.54 Å². The highest BCUT2D eigenvalue weighted by molar-refractivity contribution is 5.81. The third kappa shape index (κ3) is 4.11. The summed E-state index contributed by atoms with van der Waals surface area (Å²) in [5.41, 5.74) is 5.60. The maximum atomic E-state index is 12.7. The van der Waals surface area contributed by atoms with Crippen LogP contribution in [-0.4, -0.2) is 47.1 Å². The van der Waals surface area contributed by atoms with E-state index in [0.717, 1.165) is 55.1 Å². The van der Waals surface area contributed by atoms with E-state index in [1.165, 1.54) is 11.1 Å². The summed E-state index contributed by atoms with van der Waals surface area (Å²) in [7, 11) is 0. The van der Waals surface area contributed by atoms with Crippen LogP contribution in [0.5, 0.6) is 0 Å². The third-order valence-electron chi connectivity index (χ3n) is 5.29. The molecule has 0 bridgehead atoms. The summed E-state index contributed by atoms with van der Waals surface area (Å²) in [5, 5.41) is 4.26. The predicted octanol–water partition coefficient (Wildman–Crippen LogP) is 3.60. The van der Waals surface area contributed by atoms with E-state index in [4.69, 9.17) is 0 Å². The fourth-order valence-electron chi connectivity index (χ4n) is 3.83. The van der Waals surface area contributed by atoms with Gasteiger partial charge in [0.2, 0.25) is 0 Å². The number of aromatic amines is 1. The fourth-order valence-corrected chi connectivity index (χ4v) is 3.83. The van der Waals surface area contributed by atoms with Crippen LogP contribution in [0.4, 0.5) is 10.5 Å². The van der Waals surface area contributed by atoms with Gasteiger partial charge >= 0.3 is 6.03 Å². The standard InChI is InChI=1S/C22H27N5O/c1-16-13-20(6-7-23-16)26-8-3-9-27(11-10-26)22(28)24-15-18-4-5-21-19(14-18)12-17(2)25-21/h4-7,12-14,25H,3,8-11,15H2,1-2H3,(H,24,28). The van der Waals surface area contributed by atoms with Gasteiger partial charge in [0.15, 0.2) is 0 Å². The number of urea groups is 1. The Balaban J connectivity index is 1.34. The summed E-state index contributed by atoms with van der Waals surface area (Å²) in [6.45, 7) is 7.90. The van der Waals surface area contributed by atoms with Crippen molar-refractivity contribution < 1.29 is 4.79 Å². The maximum absolute atomic E-state index is 12.7. The lowest BCUT2D eigenvalue weighted by Crippen LogP contribution is -2.41. The smallest absolute Gasteiger partial charge is 0.317 e. The van der Waals surface area contributed by atoms with Crippen molar-refractivity contribution in [1.82, 2.24) is 20.2 Å². The number of carbonyl (C=O) groups excluding carboxylic acids is 1. The summed E-state index contributed by atoms with van der Waals surface area (Å²) in [6.07, 6.45) is 2.81. The molecular weight excluding hydrogens is 350 g/mol. The minimum absolute atomic E-state index is 0.0121. The minimum atomic E-state index is 0.0121. The Morgan fingerprint density at radius 1 is 1.11 bits per heavy atom. The van der Waals surface area contributed by atoms with E-state index in [-0.39, 0.29) is 6.03 Å².